The molecule has 0 bridgehead atoms. The van der Waals surface area contributed by atoms with Crippen LogP contribution in [0, 0.1) is 0 Å². The summed E-state index contributed by atoms with van der Waals surface area (Å²) in [6.07, 6.45) is -4.13. The molecule has 7 rings (SSSR count). The number of methoxy groups -OCH3 is 2. The van der Waals surface area contributed by atoms with Gasteiger partial charge in [0, 0.05) is 11.1 Å². The highest BCUT2D eigenvalue weighted by Gasteiger charge is 2.44. The summed E-state index contributed by atoms with van der Waals surface area (Å²) < 4.78 is 45.5. The first-order chi connectivity index (χ1) is 32.0. The highest BCUT2D eigenvalue weighted by atomic mass is 16.6. The van der Waals surface area contributed by atoms with Crippen molar-refractivity contribution in [2.24, 2.45) is 0 Å². The standard InChI is InChI=1S/C54H52N2O9/c1-59-53(57)48-46(44-31-19-8-20-32-44)47(49(56-55-48)54(58)60-2)51(64-36-42-27-15-6-16-28-42)52(65-37-43-29-17-7-18-30-43)50(63-35-41-25-13-5-14-26-41)45(62-34-40-23-11-4-12-24-40)38-61-33-39-21-9-3-10-22-39/h3-32,45,50-52H,33-38H2,1-2H3/t45-,50-,51+,52-/m1/s1. The van der Waals surface area contributed by atoms with Gasteiger partial charge >= 0.3 is 11.9 Å². The van der Waals surface area contributed by atoms with E-state index in [4.69, 9.17) is 33.2 Å². The first-order valence-electron chi connectivity index (χ1n) is 21.4. The quantitative estimate of drug-likeness (QED) is 0.0571. The van der Waals surface area contributed by atoms with Crippen molar-refractivity contribution in [2.45, 2.75) is 57.5 Å². The molecule has 0 aliphatic carbocycles. The van der Waals surface area contributed by atoms with E-state index in [-0.39, 0.29) is 55.5 Å². The second-order valence-corrected chi connectivity index (χ2v) is 15.1. The smallest absolute Gasteiger partial charge is 0.359 e. The van der Waals surface area contributed by atoms with E-state index >= 15 is 0 Å². The average molecular weight is 873 g/mol. The molecule has 0 saturated heterocycles. The predicted molar refractivity (Wildman–Crippen MR) is 245 cm³/mol. The SMILES string of the molecule is COC(=O)c1nnc(C(=O)OC)c([C@H](OCc2ccccc2)[C@H](OCc2ccccc2)[C@H](OCc2ccccc2)[C@@H](COCc2ccccc2)OCc2ccccc2)c1-c1ccccc1. The molecule has 6 aromatic carbocycles. The van der Waals surface area contributed by atoms with Gasteiger partial charge in [-0.25, -0.2) is 9.59 Å². The van der Waals surface area contributed by atoms with Crippen molar-refractivity contribution < 1.29 is 42.7 Å². The van der Waals surface area contributed by atoms with E-state index in [1.807, 2.05) is 182 Å². The molecule has 0 fully saturated rings. The molecule has 1 aromatic heterocycles. The first kappa shape index (κ1) is 46.1. The number of benzene rings is 6. The van der Waals surface area contributed by atoms with Crippen LogP contribution in [0.4, 0.5) is 0 Å². The van der Waals surface area contributed by atoms with E-state index in [2.05, 4.69) is 10.2 Å². The van der Waals surface area contributed by atoms with Crippen molar-refractivity contribution in [3.8, 4) is 11.1 Å². The second kappa shape index (κ2) is 24.3. The molecule has 0 radical (unpaired) electrons. The lowest BCUT2D eigenvalue weighted by Crippen LogP contribution is -2.48. The molecule has 0 amide bonds. The molecule has 332 valence electrons. The molecular formula is C54H52N2O9. The molecule has 11 heteroatoms. The van der Waals surface area contributed by atoms with E-state index < -0.39 is 36.4 Å². The zero-order valence-corrected chi connectivity index (χ0v) is 36.4. The van der Waals surface area contributed by atoms with Crippen LogP contribution in [0.25, 0.3) is 11.1 Å². The largest absolute Gasteiger partial charge is 0.464 e. The van der Waals surface area contributed by atoms with Gasteiger partial charge in [-0.05, 0) is 33.4 Å². The number of rotatable bonds is 23. The van der Waals surface area contributed by atoms with Gasteiger partial charge in [0.05, 0.1) is 53.9 Å². The molecule has 4 atom stereocenters. The Morgan fingerprint density at radius 3 is 1.26 bits per heavy atom. The van der Waals surface area contributed by atoms with Gasteiger partial charge in [-0.1, -0.05) is 182 Å². The molecule has 0 aliphatic heterocycles. The Kier molecular flexibility index (Phi) is 17.2. The number of esters is 2. The number of carbonyl (C=O) groups is 2. The maximum atomic E-state index is 14.1. The molecule has 0 saturated carbocycles. The van der Waals surface area contributed by atoms with Gasteiger partial charge in [0.2, 0.25) is 0 Å². The summed E-state index contributed by atoms with van der Waals surface area (Å²) in [7, 11) is 2.52. The van der Waals surface area contributed by atoms with Gasteiger partial charge < -0.3 is 33.2 Å². The van der Waals surface area contributed by atoms with Gasteiger partial charge in [-0.2, -0.15) is 0 Å². The van der Waals surface area contributed by atoms with E-state index in [0.717, 1.165) is 27.8 Å². The first-order valence-corrected chi connectivity index (χ1v) is 21.4. The molecule has 0 spiro atoms. The number of nitrogens with zero attached hydrogens (tertiary/aromatic N) is 2. The van der Waals surface area contributed by atoms with Crippen molar-refractivity contribution in [2.75, 3.05) is 20.8 Å². The number of aromatic nitrogens is 2. The number of hydrogen-bond acceptors (Lipinski definition) is 11. The Bertz CT molecular complexity index is 2500. The van der Waals surface area contributed by atoms with Crippen LogP contribution in [0.3, 0.4) is 0 Å². The molecule has 0 unspecified atom stereocenters. The van der Waals surface area contributed by atoms with Crippen molar-refractivity contribution in [3.05, 3.63) is 227 Å². The molecule has 65 heavy (non-hydrogen) atoms. The number of carbonyl (C=O) groups excluding carboxylic acids is 2. The maximum absolute atomic E-state index is 14.1. The van der Waals surface area contributed by atoms with Crippen LogP contribution in [0.2, 0.25) is 0 Å². The van der Waals surface area contributed by atoms with Crippen molar-refractivity contribution in [3.63, 3.8) is 0 Å². The van der Waals surface area contributed by atoms with Crippen LogP contribution >= 0.6 is 0 Å². The number of ether oxygens (including phenoxy) is 7. The fourth-order valence-electron chi connectivity index (χ4n) is 7.40. The third-order valence-corrected chi connectivity index (χ3v) is 10.6. The molecule has 0 N–H and O–H groups in total. The molecule has 1 heterocycles. The maximum Gasteiger partial charge on any atom is 0.359 e. The molecule has 7 aromatic rings. The topological polar surface area (TPSA) is 125 Å². The van der Waals surface area contributed by atoms with Crippen molar-refractivity contribution in [1.82, 2.24) is 10.2 Å². The van der Waals surface area contributed by atoms with Crippen LogP contribution in [-0.2, 0) is 66.2 Å². The Morgan fingerprint density at radius 2 is 0.800 bits per heavy atom. The fraction of sp³-hybridized carbons (Fsp3) is 0.222. The predicted octanol–water partition coefficient (Wildman–Crippen LogP) is 9.95. The van der Waals surface area contributed by atoms with Crippen LogP contribution in [0.5, 0.6) is 0 Å². The summed E-state index contributed by atoms with van der Waals surface area (Å²) in [6.45, 7) is 0.848. The molecular weight excluding hydrogens is 821 g/mol. The summed E-state index contributed by atoms with van der Waals surface area (Å²) in [4.78, 5) is 27.9. The minimum absolute atomic E-state index is 0.0485. The van der Waals surface area contributed by atoms with Crippen LogP contribution < -0.4 is 0 Å². The highest BCUT2D eigenvalue weighted by Crippen LogP contribution is 2.40. The molecule has 11 nitrogen and oxygen atoms in total. The zero-order valence-electron chi connectivity index (χ0n) is 36.4. The van der Waals surface area contributed by atoms with E-state index in [9.17, 15) is 9.59 Å². The Hall–Kier alpha value is -6.86. The minimum Gasteiger partial charge on any atom is -0.464 e. The van der Waals surface area contributed by atoms with E-state index in [1.165, 1.54) is 14.2 Å². The lowest BCUT2D eigenvalue weighted by molar-refractivity contribution is -0.202. The zero-order chi connectivity index (χ0) is 45.1. The Morgan fingerprint density at radius 1 is 0.431 bits per heavy atom. The van der Waals surface area contributed by atoms with Crippen molar-refractivity contribution >= 4 is 11.9 Å². The lowest BCUT2D eigenvalue weighted by Gasteiger charge is -2.38. The summed E-state index contributed by atoms with van der Waals surface area (Å²) in [5.41, 5.74) is 5.16. The lowest BCUT2D eigenvalue weighted by atomic mass is 9.88. The summed E-state index contributed by atoms with van der Waals surface area (Å²) in [6, 6.07) is 58.0. The van der Waals surface area contributed by atoms with Gasteiger partial charge in [0.1, 0.15) is 24.4 Å². The second-order valence-electron chi connectivity index (χ2n) is 15.1. The monoisotopic (exact) mass is 872 g/mol. The minimum atomic E-state index is -1.22. The van der Waals surface area contributed by atoms with Gasteiger partial charge in [0.25, 0.3) is 0 Å². The summed E-state index contributed by atoms with van der Waals surface area (Å²) in [5, 5.41) is 8.68. The van der Waals surface area contributed by atoms with Crippen molar-refractivity contribution in [1.29, 1.82) is 0 Å². The van der Waals surface area contributed by atoms with Gasteiger partial charge in [-0.3, -0.25) is 0 Å². The van der Waals surface area contributed by atoms with E-state index in [1.54, 1.807) is 0 Å². The fourth-order valence-corrected chi connectivity index (χ4v) is 7.40. The third-order valence-electron chi connectivity index (χ3n) is 10.6. The van der Waals surface area contributed by atoms with Gasteiger partial charge in [0.15, 0.2) is 11.4 Å². The normalized spacial score (nSPS) is 13.0. The van der Waals surface area contributed by atoms with Crippen LogP contribution in [0.1, 0.15) is 60.5 Å². The third kappa shape index (κ3) is 12.9. The van der Waals surface area contributed by atoms with Gasteiger partial charge in [-0.15, -0.1) is 10.2 Å². The Balaban J connectivity index is 1.46. The van der Waals surface area contributed by atoms with Crippen LogP contribution in [0.15, 0.2) is 182 Å². The average Bonchev–Trinajstić information content (AvgIpc) is 3.37. The van der Waals surface area contributed by atoms with Crippen LogP contribution in [-0.4, -0.2) is 61.3 Å². The Labute approximate surface area is 379 Å². The summed E-state index contributed by atoms with van der Waals surface area (Å²) >= 11 is 0. The summed E-state index contributed by atoms with van der Waals surface area (Å²) in [5.74, 6) is -1.58. The highest BCUT2D eigenvalue weighted by molar-refractivity contribution is 5.99. The van der Waals surface area contributed by atoms with E-state index in [0.29, 0.717) is 12.2 Å². The number of hydrogen-bond donors (Lipinski definition) is 0. The molecule has 0 aliphatic rings.